The van der Waals surface area contributed by atoms with Crippen molar-refractivity contribution in [2.75, 3.05) is 21.3 Å². The summed E-state index contributed by atoms with van der Waals surface area (Å²) < 4.78 is 17.7. The van der Waals surface area contributed by atoms with Gasteiger partial charge in [0.1, 0.15) is 5.75 Å². The smallest absolute Gasteiger partial charge is 0.258 e. The highest BCUT2D eigenvalue weighted by Crippen LogP contribution is 2.40. The van der Waals surface area contributed by atoms with E-state index in [4.69, 9.17) is 14.2 Å². The molecule has 0 amide bonds. The predicted molar refractivity (Wildman–Crippen MR) is 94.3 cm³/mol. The fraction of sp³-hybridized carbons (Fsp3) is 0.211. The Morgan fingerprint density at radius 2 is 1.58 bits per heavy atom. The first-order chi connectivity index (χ1) is 11.6. The zero-order valence-corrected chi connectivity index (χ0v) is 14.1. The Morgan fingerprint density at radius 1 is 0.875 bits per heavy atom. The maximum Gasteiger partial charge on any atom is 0.258 e. The Hall–Kier alpha value is -2.95. The van der Waals surface area contributed by atoms with E-state index in [1.54, 1.807) is 45.1 Å². The van der Waals surface area contributed by atoms with Gasteiger partial charge in [-0.2, -0.15) is 0 Å². The third-order valence-electron chi connectivity index (χ3n) is 4.09. The van der Waals surface area contributed by atoms with Crippen molar-refractivity contribution in [3.63, 3.8) is 0 Å². The molecule has 0 atom stereocenters. The molecule has 3 rings (SSSR count). The summed E-state index contributed by atoms with van der Waals surface area (Å²) in [5, 5.41) is 1.33. The number of hydrogen-bond acceptors (Lipinski definition) is 4. The van der Waals surface area contributed by atoms with Crippen LogP contribution in [0.15, 0.2) is 47.4 Å². The lowest BCUT2D eigenvalue weighted by Crippen LogP contribution is -2.17. The summed E-state index contributed by atoms with van der Waals surface area (Å²) in [7, 11) is 6.53. The zero-order chi connectivity index (χ0) is 17.3. The van der Waals surface area contributed by atoms with Gasteiger partial charge in [0.15, 0.2) is 11.5 Å². The molecule has 3 aromatic rings. The van der Waals surface area contributed by atoms with E-state index in [9.17, 15) is 4.79 Å². The number of aryl methyl sites for hydroxylation is 1. The molecular weight excluding hydrogens is 306 g/mol. The van der Waals surface area contributed by atoms with Crippen molar-refractivity contribution in [2.24, 2.45) is 7.05 Å². The lowest BCUT2D eigenvalue weighted by molar-refractivity contribution is 0.358. The Morgan fingerprint density at radius 3 is 2.17 bits per heavy atom. The summed E-state index contributed by atoms with van der Waals surface area (Å²) in [4.78, 5) is 12.5. The average Bonchev–Trinajstić information content (AvgIpc) is 2.63. The van der Waals surface area contributed by atoms with E-state index in [1.165, 1.54) is 0 Å². The van der Waals surface area contributed by atoms with Crippen LogP contribution < -0.4 is 19.8 Å². The normalized spacial score (nSPS) is 10.7. The Balaban J connectivity index is 2.41. The number of benzene rings is 2. The van der Waals surface area contributed by atoms with Crippen LogP contribution in [-0.4, -0.2) is 25.9 Å². The maximum atomic E-state index is 12.5. The van der Waals surface area contributed by atoms with Gasteiger partial charge in [0.2, 0.25) is 0 Å². The van der Waals surface area contributed by atoms with Crippen LogP contribution in [0, 0.1) is 0 Å². The monoisotopic (exact) mass is 325 g/mol. The second-order valence-electron chi connectivity index (χ2n) is 5.41. The quantitative estimate of drug-likeness (QED) is 0.739. The lowest BCUT2D eigenvalue weighted by Gasteiger charge is -2.15. The third kappa shape index (κ3) is 2.48. The van der Waals surface area contributed by atoms with Crippen molar-refractivity contribution in [3.8, 4) is 28.4 Å². The van der Waals surface area contributed by atoms with Gasteiger partial charge in [-0.3, -0.25) is 4.79 Å². The molecule has 5 nitrogen and oxygen atoms in total. The van der Waals surface area contributed by atoms with Gasteiger partial charge in [0.05, 0.1) is 26.7 Å². The standard InChI is InChI=1S/C19H19NO4/c1-20-11-15(12-5-7-13(22-2)8-6-12)17-14(19(20)21)9-10-16(23-3)18(17)24-4/h5-11H,1-4H3. The molecule has 0 unspecified atom stereocenters. The van der Waals surface area contributed by atoms with Crippen LogP contribution in [0.5, 0.6) is 17.2 Å². The van der Waals surface area contributed by atoms with Gasteiger partial charge in [0, 0.05) is 24.2 Å². The topological polar surface area (TPSA) is 49.7 Å². The van der Waals surface area contributed by atoms with E-state index in [0.29, 0.717) is 16.9 Å². The molecule has 0 aliphatic carbocycles. The molecule has 0 spiro atoms. The van der Waals surface area contributed by atoms with Gasteiger partial charge >= 0.3 is 0 Å². The van der Waals surface area contributed by atoms with E-state index in [0.717, 1.165) is 22.3 Å². The number of rotatable bonds is 4. The van der Waals surface area contributed by atoms with Gasteiger partial charge in [-0.05, 0) is 29.8 Å². The summed E-state index contributed by atoms with van der Waals surface area (Å²) >= 11 is 0. The van der Waals surface area contributed by atoms with Crippen LogP contribution >= 0.6 is 0 Å². The highest BCUT2D eigenvalue weighted by molar-refractivity contribution is 6.01. The molecule has 0 radical (unpaired) electrons. The Labute approximate surface area is 140 Å². The molecule has 2 aromatic carbocycles. The summed E-state index contributed by atoms with van der Waals surface area (Å²) in [5.41, 5.74) is 1.77. The molecule has 0 bridgehead atoms. The first-order valence-electron chi connectivity index (χ1n) is 7.49. The van der Waals surface area contributed by atoms with Crippen molar-refractivity contribution in [1.82, 2.24) is 4.57 Å². The largest absolute Gasteiger partial charge is 0.497 e. The van der Waals surface area contributed by atoms with Gasteiger partial charge in [-0.15, -0.1) is 0 Å². The van der Waals surface area contributed by atoms with Crippen LogP contribution in [0.1, 0.15) is 0 Å². The number of aromatic nitrogens is 1. The molecule has 0 aliphatic heterocycles. The molecule has 5 heteroatoms. The summed E-state index contributed by atoms with van der Waals surface area (Å²) in [6.45, 7) is 0. The van der Waals surface area contributed by atoms with E-state index < -0.39 is 0 Å². The molecule has 1 aromatic heterocycles. The van der Waals surface area contributed by atoms with E-state index in [2.05, 4.69) is 0 Å². The molecule has 1 heterocycles. The fourth-order valence-corrected chi connectivity index (χ4v) is 2.87. The molecule has 0 saturated heterocycles. The third-order valence-corrected chi connectivity index (χ3v) is 4.09. The van der Waals surface area contributed by atoms with Crippen LogP contribution in [-0.2, 0) is 7.05 Å². The first kappa shape index (κ1) is 15.9. The molecular formula is C19H19NO4. The number of fused-ring (bicyclic) bond motifs is 1. The minimum atomic E-state index is -0.0804. The van der Waals surface area contributed by atoms with Crippen LogP contribution in [0.4, 0.5) is 0 Å². The van der Waals surface area contributed by atoms with Gasteiger partial charge in [0.25, 0.3) is 5.56 Å². The molecule has 0 saturated carbocycles. The summed E-state index contributed by atoms with van der Waals surface area (Å²) in [5.74, 6) is 1.92. The highest BCUT2D eigenvalue weighted by Gasteiger charge is 2.17. The molecule has 0 aliphatic rings. The summed E-state index contributed by atoms with van der Waals surface area (Å²) in [6.07, 6.45) is 1.81. The maximum absolute atomic E-state index is 12.5. The van der Waals surface area contributed by atoms with Crippen molar-refractivity contribution >= 4 is 10.8 Å². The number of methoxy groups -OCH3 is 3. The lowest BCUT2D eigenvalue weighted by atomic mass is 9.99. The Bertz CT molecular complexity index is 942. The van der Waals surface area contributed by atoms with Gasteiger partial charge in [-0.25, -0.2) is 0 Å². The molecule has 24 heavy (non-hydrogen) atoms. The second kappa shape index (κ2) is 6.28. The van der Waals surface area contributed by atoms with Crippen molar-refractivity contribution in [3.05, 3.63) is 52.9 Å². The molecule has 124 valence electrons. The van der Waals surface area contributed by atoms with Crippen LogP contribution in [0.3, 0.4) is 0 Å². The van der Waals surface area contributed by atoms with E-state index >= 15 is 0 Å². The van der Waals surface area contributed by atoms with Gasteiger partial charge in [-0.1, -0.05) is 12.1 Å². The minimum absolute atomic E-state index is 0.0804. The van der Waals surface area contributed by atoms with Crippen LogP contribution in [0.25, 0.3) is 21.9 Å². The number of nitrogens with zero attached hydrogens (tertiary/aromatic N) is 1. The van der Waals surface area contributed by atoms with Crippen molar-refractivity contribution in [1.29, 1.82) is 0 Å². The van der Waals surface area contributed by atoms with Gasteiger partial charge < -0.3 is 18.8 Å². The predicted octanol–water partition coefficient (Wildman–Crippen LogP) is 3.23. The molecule has 0 N–H and O–H groups in total. The fourth-order valence-electron chi connectivity index (χ4n) is 2.87. The Kier molecular flexibility index (Phi) is 4.16. The van der Waals surface area contributed by atoms with Crippen molar-refractivity contribution in [2.45, 2.75) is 0 Å². The first-order valence-corrected chi connectivity index (χ1v) is 7.49. The number of hydrogen-bond donors (Lipinski definition) is 0. The highest BCUT2D eigenvalue weighted by atomic mass is 16.5. The minimum Gasteiger partial charge on any atom is -0.497 e. The summed E-state index contributed by atoms with van der Waals surface area (Å²) in [6, 6.07) is 11.2. The average molecular weight is 325 g/mol. The zero-order valence-electron chi connectivity index (χ0n) is 14.1. The van der Waals surface area contributed by atoms with E-state index in [1.807, 2.05) is 30.5 Å². The second-order valence-corrected chi connectivity index (χ2v) is 5.41. The van der Waals surface area contributed by atoms with E-state index in [-0.39, 0.29) is 5.56 Å². The van der Waals surface area contributed by atoms with Crippen molar-refractivity contribution < 1.29 is 14.2 Å². The molecule has 0 fully saturated rings. The number of pyridine rings is 1. The van der Waals surface area contributed by atoms with Crippen LogP contribution in [0.2, 0.25) is 0 Å². The number of ether oxygens (including phenoxy) is 3. The SMILES string of the molecule is COc1ccc(-c2cn(C)c(=O)c3ccc(OC)c(OC)c23)cc1.